The predicted molar refractivity (Wildman–Crippen MR) is 110 cm³/mol. The molecular weight excluding hydrogens is 340 g/mol. The first-order valence-electron chi connectivity index (χ1n) is 9.40. The van der Waals surface area contributed by atoms with Gasteiger partial charge in [-0.3, -0.25) is 4.79 Å². The van der Waals surface area contributed by atoms with E-state index in [4.69, 9.17) is 9.47 Å². The number of hydrogen-bond donors (Lipinski definition) is 1. The van der Waals surface area contributed by atoms with Crippen molar-refractivity contribution in [1.29, 1.82) is 0 Å². The van der Waals surface area contributed by atoms with Crippen LogP contribution in [0.25, 0.3) is 0 Å². The van der Waals surface area contributed by atoms with Gasteiger partial charge in [0, 0.05) is 37.5 Å². The molecule has 2 rings (SSSR count). The van der Waals surface area contributed by atoms with E-state index in [0.717, 1.165) is 23.5 Å². The second kappa shape index (κ2) is 10.6. The van der Waals surface area contributed by atoms with Crippen LogP contribution in [0.3, 0.4) is 0 Å². The summed E-state index contributed by atoms with van der Waals surface area (Å²) in [5, 5.41) is 2.96. The largest absolute Gasteiger partial charge is 0.491 e. The van der Waals surface area contributed by atoms with Gasteiger partial charge in [0.2, 0.25) is 0 Å². The summed E-state index contributed by atoms with van der Waals surface area (Å²) in [7, 11) is 1.64. The molecule has 0 aliphatic carbocycles. The summed E-state index contributed by atoms with van der Waals surface area (Å²) in [5.41, 5.74) is 2.78. The lowest BCUT2D eigenvalue weighted by molar-refractivity contribution is 0.0951. The lowest BCUT2D eigenvalue weighted by atomic mass is 10.1. The molecule has 0 aliphatic heterocycles. The van der Waals surface area contributed by atoms with Gasteiger partial charge in [0.25, 0.3) is 5.91 Å². The SMILES string of the molecule is CCN(c1ccc(C(=O)NCc2cccc(OCCOC)c2)cc1)C(C)C. The molecule has 1 N–H and O–H groups in total. The van der Waals surface area contributed by atoms with Gasteiger partial charge in [-0.05, 0) is 62.7 Å². The van der Waals surface area contributed by atoms with E-state index in [0.29, 0.717) is 31.4 Å². The van der Waals surface area contributed by atoms with E-state index in [1.165, 1.54) is 0 Å². The summed E-state index contributed by atoms with van der Waals surface area (Å²) in [6.45, 7) is 8.90. The van der Waals surface area contributed by atoms with Crippen molar-refractivity contribution < 1.29 is 14.3 Å². The molecule has 0 saturated heterocycles. The molecule has 0 aliphatic rings. The summed E-state index contributed by atoms with van der Waals surface area (Å²) in [6, 6.07) is 15.9. The van der Waals surface area contributed by atoms with Crippen LogP contribution >= 0.6 is 0 Å². The predicted octanol–water partition coefficient (Wildman–Crippen LogP) is 3.88. The van der Waals surface area contributed by atoms with Crippen LogP contribution in [0.15, 0.2) is 48.5 Å². The maximum atomic E-state index is 12.4. The quantitative estimate of drug-likeness (QED) is 0.645. The third kappa shape index (κ3) is 6.29. The minimum Gasteiger partial charge on any atom is -0.491 e. The van der Waals surface area contributed by atoms with Crippen LogP contribution < -0.4 is 15.0 Å². The second-order valence-electron chi connectivity index (χ2n) is 6.60. The number of carbonyl (C=O) groups is 1. The fourth-order valence-electron chi connectivity index (χ4n) is 2.92. The van der Waals surface area contributed by atoms with E-state index in [9.17, 15) is 4.79 Å². The van der Waals surface area contributed by atoms with Crippen LogP contribution in [0.1, 0.15) is 36.7 Å². The minimum absolute atomic E-state index is 0.0835. The fourth-order valence-corrected chi connectivity index (χ4v) is 2.92. The molecule has 0 saturated carbocycles. The van der Waals surface area contributed by atoms with Crippen LogP contribution in [-0.4, -0.2) is 38.8 Å². The maximum Gasteiger partial charge on any atom is 0.251 e. The lowest BCUT2D eigenvalue weighted by Gasteiger charge is -2.27. The van der Waals surface area contributed by atoms with Crippen LogP contribution in [0, 0.1) is 0 Å². The molecule has 0 bridgehead atoms. The van der Waals surface area contributed by atoms with E-state index < -0.39 is 0 Å². The minimum atomic E-state index is -0.0835. The highest BCUT2D eigenvalue weighted by molar-refractivity contribution is 5.94. The van der Waals surface area contributed by atoms with Crippen LogP contribution in [0.2, 0.25) is 0 Å². The molecule has 0 unspecified atom stereocenters. The van der Waals surface area contributed by atoms with Gasteiger partial charge in [0.15, 0.2) is 0 Å². The maximum absolute atomic E-state index is 12.4. The Kier molecular flexibility index (Phi) is 8.14. The van der Waals surface area contributed by atoms with E-state index in [1.807, 2.05) is 48.5 Å². The van der Waals surface area contributed by atoms with Gasteiger partial charge in [0.05, 0.1) is 6.61 Å². The number of anilines is 1. The zero-order chi connectivity index (χ0) is 19.6. The van der Waals surface area contributed by atoms with Crippen LogP contribution in [0.4, 0.5) is 5.69 Å². The molecule has 146 valence electrons. The molecule has 5 nitrogen and oxygen atoms in total. The molecule has 0 atom stereocenters. The standard InChI is InChI=1S/C22H30N2O3/c1-5-24(17(2)3)20-11-9-19(10-12-20)22(25)23-16-18-7-6-8-21(15-18)27-14-13-26-4/h6-12,15,17H,5,13-14,16H2,1-4H3,(H,23,25). The highest BCUT2D eigenvalue weighted by Crippen LogP contribution is 2.18. The number of amides is 1. The van der Waals surface area contributed by atoms with E-state index >= 15 is 0 Å². The smallest absolute Gasteiger partial charge is 0.251 e. The number of methoxy groups -OCH3 is 1. The first-order chi connectivity index (χ1) is 13.0. The number of ether oxygens (including phenoxy) is 2. The highest BCUT2D eigenvalue weighted by Gasteiger charge is 2.10. The van der Waals surface area contributed by atoms with Crippen molar-refractivity contribution >= 4 is 11.6 Å². The third-order valence-electron chi connectivity index (χ3n) is 4.33. The van der Waals surface area contributed by atoms with Gasteiger partial charge in [-0.15, -0.1) is 0 Å². The molecule has 5 heteroatoms. The number of carbonyl (C=O) groups excluding carboxylic acids is 1. The number of rotatable bonds is 10. The average Bonchev–Trinajstić information content (AvgIpc) is 2.67. The second-order valence-corrected chi connectivity index (χ2v) is 6.60. The topological polar surface area (TPSA) is 50.8 Å². The van der Waals surface area contributed by atoms with Gasteiger partial charge in [-0.1, -0.05) is 12.1 Å². The zero-order valence-corrected chi connectivity index (χ0v) is 16.7. The average molecular weight is 370 g/mol. The first-order valence-corrected chi connectivity index (χ1v) is 9.40. The number of hydrogen-bond acceptors (Lipinski definition) is 4. The normalized spacial score (nSPS) is 10.7. The van der Waals surface area contributed by atoms with Gasteiger partial charge in [-0.25, -0.2) is 0 Å². The highest BCUT2D eigenvalue weighted by atomic mass is 16.5. The van der Waals surface area contributed by atoms with Gasteiger partial charge < -0.3 is 19.7 Å². The van der Waals surface area contributed by atoms with Gasteiger partial charge in [0.1, 0.15) is 12.4 Å². The number of nitrogens with zero attached hydrogens (tertiary/aromatic N) is 1. The summed E-state index contributed by atoms with van der Waals surface area (Å²) in [6.07, 6.45) is 0. The van der Waals surface area contributed by atoms with E-state index in [1.54, 1.807) is 7.11 Å². The molecule has 27 heavy (non-hydrogen) atoms. The molecule has 0 fully saturated rings. The van der Waals surface area contributed by atoms with Crippen LogP contribution in [-0.2, 0) is 11.3 Å². The molecule has 1 amide bonds. The summed E-state index contributed by atoms with van der Waals surface area (Å²) < 4.78 is 10.6. The molecule has 0 radical (unpaired) electrons. The van der Waals surface area contributed by atoms with Crippen molar-refractivity contribution in [3.63, 3.8) is 0 Å². The monoisotopic (exact) mass is 370 g/mol. The van der Waals surface area contributed by atoms with Crippen molar-refractivity contribution in [3.8, 4) is 5.75 Å². The summed E-state index contributed by atoms with van der Waals surface area (Å²) in [5.74, 6) is 0.691. The Morgan fingerprint density at radius 3 is 2.48 bits per heavy atom. The van der Waals surface area contributed by atoms with Crippen molar-refractivity contribution in [1.82, 2.24) is 5.32 Å². The van der Waals surface area contributed by atoms with Crippen molar-refractivity contribution in [2.75, 3.05) is 31.8 Å². The Morgan fingerprint density at radius 1 is 1.11 bits per heavy atom. The molecular formula is C22H30N2O3. The Morgan fingerprint density at radius 2 is 1.85 bits per heavy atom. The molecule has 0 heterocycles. The fraction of sp³-hybridized carbons (Fsp3) is 0.409. The summed E-state index contributed by atoms with van der Waals surface area (Å²) >= 11 is 0. The van der Waals surface area contributed by atoms with E-state index in [-0.39, 0.29) is 5.91 Å². The van der Waals surface area contributed by atoms with Crippen molar-refractivity contribution in [2.45, 2.75) is 33.4 Å². The van der Waals surface area contributed by atoms with Crippen molar-refractivity contribution in [3.05, 3.63) is 59.7 Å². The Balaban J connectivity index is 1.93. The van der Waals surface area contributed by atoms with Crippen molar-refractivity contribution in [2.24, 2.45) is 0 Å². The van der Waals surface area contributed by atoms with Gasteiger partial charge in [-0.2, -0.15) is 0 Å². The lowest BCUT2D eigenvalue weighted by Crippen LogP contribution is -2.30. The first kappa shape index (κ1) is 20.8. The molecule has 0 spiro atoms. The zero-order valence-electron chi connectivity index (χ0n) is 16.7. The molecule has 2 aromatic rings. The summed E-state index contributed by atoms with van der Waals surface area (Å²) in [4.78, 5) is 14.7. The van der Waals surface area contributed by atoms with Gasteiger partial charge >= 0.3 is 0 Å². The number of nitrogens with one attached hydrogen (secondary N) is 1. The Hall–Kier alpha value is -2.53. The molecule has 2 aromatic carbocycles. The Bertz CT molecular complexity index is 714. The van der Waals surface area contributed by atoms with E-state index in [2.05, 4.69) is 31.0 Å². The molecule has 0 aromatic heterocycles. The third-order valence-corrected chi connectivity index (χ3v) is 4.33. The Labute approximate surface area is 162 Å². The number of benzene rings is 2. The van der Waals surface area contributed by atoms with Crippen LogP contribution in [0.5, 0.6) is 5.75 Å².